The third-order valence-electron chi connectivity index (χ3n) is 5.06. The van der Waals surface area contributed by atoms with Crippen LogP contribution in [0.3, 0.4) is 0 Å². The van der Waals surface area contributed by atoms with Crippen LogP contribution in [0.15, 0.2) is 24.3 Å². The van der Waals surface area contributed by atoms with Gasteiger partial charge in [-0.25, -0.2) is 0 Å². The molecule has 0 saturated heterocycles. The first kappa shape index (κ1) is 19.1. The molecule has 3 rings (SSSR count). The van der Waals surface area contributed by atoms with Crippen molar-refractivity contribution >= 4 is 23.6 Å². The predicted octanol–water partition coefficient (Wildman–Crippen LogP) is 1.63. The Hall–Kier alpha value is -2.70. The highest BCUT2D eigenvalue weighted by Crippen LogP contribution is 2.21. The van der Waals surface area contributed by atoms with Gasteiger partial charge in [0.05, 0.1) is 11.1 Å². The monoisotopic (exact) mass is 371 g/mol. The minimum absolute atomic E-state index is 0.000671. The van der Waals surface area contributed by atoms with Gasteiger partial charge in [0.15, 0.2) is 0 Å². The lowest BCUT2D eigenvalue weighted by Gasteiger charge is -2.14. The van der Waals surface area contributed by atoms with Crippen molar-refractivity contribution in [3.8, 4) is 0 Å². The third-order valence-corrected chi connectivity index (χ3v) is 5.06. The highest BCUT2D eigenvalue weighted by Gasteiger charge is 2.34. The molecule has 7 nitrogen and oxygen atoms in total. The van der Waals surface area contributed by atoms with Crippen LogP contribution in [-0.4, -0.2) is 47.7 Å². The maximum Gasteiger partial charge on any atom is 0.261 e. The molecule has 1 heterocycles. The summed E-state index contributed by atoms with van der Waals surface area (Å²) in [5, 5.41) is 5.71. The van der Waals surface area contributed by atoms with Crippen LogP contribution >= 0.6 is 0 Å². The number of carbonyl (C=O) groups excluding carboxylic acids is 4. The zero-order chi connectivity index (χ0) is 19.2. The fraction of sp³-hybridized carbons (Fsp3) is 0.500. The van der Waals surface area contributed by atoms with E-state index in [9.17, 15) is 19.2 Å². The van der Waals surface area contributed by atoms with Crippen molar-refractivity contribution in [1.29, 1.82) is 0 Å². The number of imide groups is 1. The molecular formula is C20H25N3O4. The van der Waals surface area contributed by atoms with Gasteiger partial charge in [-0.3, -0.25) is 24.1 Å². The lowest BCUT2D eigenvalue weighted by molar-refractivity contribution is -0.122. The van der Waals surface area contributed by atoms with E-state index < -0.39 is 0 Å². The Morgan fingerprint density at radius 1 is 0.963 bits per heavy atom. The number of amides is 4. The second-order valence-electron chi connectivity index (χ2n) is 7.06. The number of hydrogen-bond donors (Lipinski definition) is 2. The molecule has 4 amide bonds. The summed E-state index contributed by atoms with van der Waals surface area (Å²) < 4.78 is 0. The summed E-state index contributed by atoms with van der Waals surface area (Å²) in [7, 11) is 0. The Kier molecular flexibility index (Phi) is 6.21. The molecule has 0 atom stereocenters. The Morgan fingerprint density at radius 3 is 2.19 bits per heavy atom. The van der Waals surface area contributed by atoms with Crippen LogP contribution < -0.4 is 10.6 Å². The van der Waals surface area contributed by atoms with Crippen molar-refractivity contribution in [3.05, 3.63) is 35.4 Å². The average Bonchev–Trinajstić information content (AvgIpc) is 3.24. The highest BCUT2D eigenvalue weighted by atomic mass is 16.2. The van der Waals surface area contributed by atoms with E-state index in [4.69, 9.17) is 0 Å². The van der Waals surface area contributed by atoms with Crippen molar-refractivity contribution in [2.75, 3.05) is 13.1 Å². The second-order valence-corrected chi connectivity index (χ2v) is 7.06. The molecular weight excluding hydrogens is 346 g/mol. The van der Waals surface area contributed by atoms with Gasteiger partial charge >= 0.3 is 0 Å². The standard InChI is InChI=1S/C20H25N3O4/c24-17(10-5-11-18(25)22-14-6-1-2-7-14)21-12-13-23-19(26)15-8-3-4-9-16(15)20(23)27/h3-4,8-9,14H,1-2,5-7,10-13H2,(H,21,24)(H,22,25). The van der Waals surface area contributed by atoms with Crippen molar-refractivity contribution in [2.24, 2.45) is 0 Å². The summed E-state index contributed by atoms with van der Waals surface area (Å²) in [5.74, 6) is -0.831. The van der Waals surface area contributed by atoms with Crippen LogP contribution in [0.5, 0.6) is 0 Å². The summed E-state index contributed by atoms with van der Waals surface area (Å²) >= 11 is 0. The van der Waals surface area contributed by atoms with Crippen LogP contribution in [0.4, 0.5) is 0 Å². The number of carbonyl (C=O) groups is 4. The maximum absolute atomic E-state index is 12.2. The van der Waals surface area contributed by atoms with Crippen LogP contribution in [-0.2, 0) is 9.59 Å². The Bertz CT molecular complexity index is 705. The lowest BCUT2D eigenvalue weighted by atomic mass is 10.1. The fourth-order valence-electron chi connectivity index (χ4n) is 3.62. The summed E-state index contributed by atoms with van der Waals surface area (Å²) in [5.41, 5.74) is 0.809. The molecule has 1 aromatic carbocycles. The summed E-state index contributed by atoms with van der Waals surface area (Å²) in [6.45, 7) is 0.346. The molecule has 1 aromatic rings. The topological polar surface area (TPSA) is 95.6 Å². The molecule has 0 spiro atoms. The molecule has 144 valence electrons. The molecule has 2 aliphatic rings. The van der Waals surface area contributed by atoms with E-state index in [1.165, 1.54) is 12.8 Å². The Labute approximate surface area is 158 Å². The first-order valence-electron chi connectivity index (χ1n) is 9.57. The lowest BCUT2D eigenvalue weighted by Crippen LogP contribution is -2.38. The molecule has 0 radical (unpaired) electrons. The van der Waals surface area contributed by atoms with Gasteiger partial charge in [0.2, 0.25) is 11.8 Å². The normalized spacial score (nSPS) is 16.5. The van der Waals surface area contributed by atoms with Gasteiger partial charge in [-0.05, 0) is 31.4 Å². The van der Waals surface area contributed by atoms with Gasteiger partial charge in [-0.2, -0.15) is 0 Å². The highest BCUT2D eigenvalue weighted by molar-refractivity contribution is 6.21. The Balaban J connectivity index is 1.32. The Morgan fingerprint density at radius 2 is 1.56 bits per heavy atom. The molecule has 7 heteroatoms. The molecule has 1 fully saturated rings. The van der Waals surface area contributed by atoms with Gasteiger partial charge in [0.1, 0.15) is 0 Å². The number of hydrogen-bond acceptors (Lipinski definition) is 4. The van der Waals surface area contributed by atoms with E-state index in [2.05, 4.69) is 10.6 Å². The molecule has 0 aromatic heterocycles. The number of fused-ring (bicyclic) bond motifs is 1. The largest absolute Gasteiger partial charge is 0.354 e. The third kappa shape index (κ3) is 4.72. The van der Waals surface area contributed by atoms with E-state index in [-0.39, 0.29) is 43.1 Å². The summed E-state index contributed by atoms with van der Waals surface area (Å²) in [6, 6.07) is 7.00. The first-order valence-corrected chi connectivity index (χ1v) is 9.57. The fourth-order valence-corrected chi connectivity index (χ4v) is 3.62. The molecule has 2 N–H and O–H groups in total. The number of nitrogens with zero attached hydrogens (tertiary/aromatic N) is 1. The zero-order valence-electron chi connectivity index (χ0n) is 15.3. The summed E-state index contributed by atoms with van der Waals surface area (Å²) in [4.78, 5) is 49.3. The van der Waals surface area contributed by atoms with E-state index in [1.807, 2.05) is 0 Å². The maximum atomic E-state index is 12.2. The van der Waals surface area contributed by atoms with Gasteiger partial charge in [0.25, 0.3) is 11.8 Å². The molecule has 1 aliphatic heterocycles. The van der Waals surface area contributed by atoms with Crippen molar-refractivity contribution in [3.63, 3.8) is 0 Å². The molecule has 27 heavy (non-hydrogen) atoms. The first-order chi connectivity index (χ1) is 13.1. The van der Waals surface area contributed by atoms with Gasteiger partial charge in [-0.1, -0.05) is 25.0 Å². The molecule has 0 bridgehead atoms. The van der Waals surface area contributed by atoms with E-state index in [0.29, 0.717) is 30.0 Å². The average molecular weight is 371 g/mol. The van der Waals surface area contributed by atoms with Crippen LogP contribution in [0.1, 0.15) is 65.7 Å². The van der Waals surface area contributed by atoms with Crippen LogP contribution in [0.25, 0.3) is 0 Å². The zero-order valence-corrected chi connectivity index (χ0v) is 15.3. The molecule has 1 saturated carbocycles. The SMILES string of the molecule is O=C(CCCC(=O)NC1CCCC1)NCCN1C(=O)c2ccccc2C1=O. The van der Waals surface area contributed by atoms with Crippen LogP contribution in [0.2, 0.25) is 0 Å². The second kappa shape index (κ2) is 8.79. The van der Waals surface area contributed by atoms with Crippen molar-refractivity contribution in [1.82, 2.24) is 15.5 Å². The number of rotatable bonds is 8. The van der Waals surface area contributed by atoms with E-state index >= 15 is 0 Å². The summed E-state index contributed by atoms with van der Waals surface area (Å²) in [6.07, 6.45) is 5.49. The smallest absolute Gasteiger partial charge is 0.261 e. The van der Waals surface area contributed by atoms with Crippen molar-refractivity contribution < 1.29 is 19.2 Å². The number of nitrogens with one attached hydrogen (secondary N) is 2. The van der Waals surface area contributed by atoms with Gasteiger partial charge in [0, 0.05) is 32.0 Å². The van der Waals surface area contributed by atoms with E-state index in [1.54, 1.807) is 24.3 Å². The quantitative estimate of drug-likeness (QED) is 0.679. The van der Waals surface area contributed by atoms with Gasteiger partial charge < -0.3 is 10.6 Å². The van der Waals surface area contributed by atoms with Crippen molar-refractivity contribution in [2.45, 2.75) is 51.0 Å². The van der Waals surface area contributed by atoms with Crippen LogP contribution in [0, 0.1) is 0 Å². The predicted molar refractivity (Wildman–Crippen MR) is 99.1 cm³/mol. The number of benzene rings is 1. The minimum Gasteiger partial charge on any atom is -0.354 e. The van der Waals surface area contributed by atoms with Gasteiger partial charge in [-0.15, -0.1) is 0 Å². The van der Waals surface area contributed by atoms with E-state index in [0.717, 1.165) is 17.7 Å². The molecule has 1 aliphatic carbocycles. The molecule has 0 unspecified atom stereocenters. The minimum atomic E-state index is -0.326.